The third-order valence-electron chi connectivity index (χ3n) is 5.83. The molecule has 0 spiro atoms. The first-order chi connectivity index (χ1) is 9.86. The van der Waals surface area contributed by atoms with Crippen LogP contribution >= 0.6 is 0 Å². The highest BCUT2D eigenvalue weighted by Gasteiger charge is 2.65. The summed E-state index contributed by atoms with van der Waals surface area (Å²) in [6.07, 6.45) is 4.23. The van der Waals surface area contributed by atoms with Crippen molar-refractivity contribution in [3.63, 3.8) is 0 Å². The SMILES string of the molecule is C[C@]12CCC[C@]3(C)C(=O)O[C@H](C=C4C1=CC(=O)O[C@H]4O)[C@@H]23. The number of aliphatic hydroxyl groups excluding tert-OH is 1. The average Bonchev–Trinajstić information content (AvgIpc) is 2.65. The molecular formula is C16H18O5. The van der Waals surface area contributed by atoms with Gasteiger partial charge in [0.15, 0.2) is 0 Å². The highest BCUT2D eigenvalue weighted by atomic mass is 16.6. The number of cyclic esters (lactones) is 1. The minimum atomic E-state index is -1.26. The van der Waals surface area contributed by atoms with E-state index in [-0.39, 0.29) is 23.4 Å². The normalized spacial score (nSPS) is 47.7. The second kappa shape index (κ2) is 3.77. The second-order valence-corrected chi connectivity index (χ2v) is 7.01. The Balaban J connectivity index is 1.94. The summed E-state index contributed by atoms with van der Waals surface area (Å²) < 4.78 is 10.4. The van der Waals surface area contributed by atoms with Gasteiger partial charge in [-0.05, 0) is 31.4 Å². The summed E-state index contributed by atoms with van der Waals surface area (Å²) in [6.45, 7) is 4.04. The van der Waals surface area contributed by atoms with Gasteiger partial charge >= 0.3 is 11.9 Å². The van der Waals surface area contributed by atoms with E-state index in [0.717, 1.165) is 24.8 Å². The zero-order valence-corrected chi connectivity index (χ0v) is 12.1. The van der Waals surface area contributed by atoms with Crippen molar-refractivity contribution >= 4 is 11.9 Å². The molecule has 1 saturated heterocycles. The summed E-state index contributed by atoms with van der Waals surface area (Å²) in [5, 5.41) is 10.0. The van der Waals surface area contributed by atoms with Gasteiger partial charge in [0.05, 0.1) is 5.41 Å². The fourth-order valence-electron chi connectivity index (χ4n) is 4.94. The van der Waals surface area contributed by atoms with E-state index >= 15 is 0 Å². The summed E-state index contributed by atoms with van der Waals surface area (Å²) in [4.78, 5) is 24.0. The zero-order chi connectivity index (χ0) is 15.0. The number of ether oxygens (including phenoxy) is 2. The van der Waals surface area contributed by atoms with Gasteiger partial charge in [-0.15, -0.1) is 0 Å². The van der Waals surface area contributed by atoms with Crippen LogP contribution in [-0.2, 0) is 19.1 Å². The Morgan fingerprint density at radius 2 is 1.90 bits per heavy atom. The van der Waals surface area contributed by atoms with Gasteiger partial charge in [0, 0.05) is 23.0 Å². The smallest absolute Gasteiger partial charge is 0.333 e. The molecule has 0 radical (unpaired) electrons. The van der Waals surface area contributed by atoms with Crippen LogP contribution in [0.15, 0.2) is 23.3 Å². The van der Waals surface area contributed by atoms with Gasteiger partial charge in [0.2, 0.25) is 6.29 Å². The molecule has 1 N–H and O–H groups in total. The number of rotatable bonds is 0. The molecule has 0 aromatic heterocycles. The van der Waals surface area contributed by atoms with Gasteiger partial charge in [-0.2, -0.15) is 0 Å². The third-order valence-corrected chi connectivity index (χ3v) is 5.83. The van der Waals surface area contributed by atoms with Crippen LogP contribution in [0.25, 0.3) is 0 Å². The number of carbonyl (C=O) groups excluding carboxylic acids is 2. The molecule has 0 amide bonds. The van der Waals surface area contributed by atoms with Crippen LogP contribution in [0, 0.1) is 16.7 Å². The summed E-state index contributed by atoms with van der Waals surface area (Å²) in [7, 11) is 0. The number of aliphatic hydroxyl groups is 1. The third kappa shape index (κ3) is 1.45. The van der Waals surface area contributed by atoms with E-state index in [9.17, 15) is 14.7 Å². The van der Waals surface area contributed by atoms with Crippen LogP contribution in [0.3, 0.4) is 0 Å². The first-order valence-corrected chi connectivity index (χ1v) is 7.40. The van der Waals surface area contributed by atoms with Crippen molar-refractivity contribution in [2.24, 2.45) is 16.7 Å². The van der Waals surface area contributed by atoms with Gasteiger partial charge in [-0.1, -0.05) is 13.3 Å². The summed E-state index contributed by atoms with van der Waals surface area (Å²) in [5.41, 5.74) is 0.551. The van der Waals surface area contributed by atoms with Crippen molar-refractivity contribution < 1.29 is 24.2 Å². The summed E-state index contributed by atoms with van der Waals surface area (Å²) in [5.74, 6) is -0.674. The first kappa shape index (κ1) is 13.1. The Morgan fingerprint density at radius 3 is 2.67 bits per heavy atom. The highest BCUT2D eigenvalue weighted by molar-refractivity contribution is 5.87. The molecule has 5 nitrogen and oxygen atoms in total. The Bertz CT molecular complexity index is 618. The van der Waals surface area contributed by atoms with Crippen molar-refractivity contribution in [2.45, 2.75) is 45.5 Å². The number of carbonyl (C=O) groups is 2. The molecule has 0 aromatic rings. The fraction of sp³-hybridized carbons (Fsp3) is 0.625. The van der Waals surface area contributed by atoms with E-state index in [0.29, 0.717) is 5.57 Å². The molecule has 0 bridgehead atoms. The Hall–Kier alpha value is -1.62. The maximum atomic E-state index is 12.3. The molecule has 0 unspecified atom stereocenters. The molecule has 2 aliphatic carbocycles. The molecule has 2 fully saturated rings. The maximum Gasteiger partial charge on any atom is 0.333 e. The quantitative estimate of drug-likeness (QED) is 0.684. The molecular weight excluding hydrogens is 272 g/mol. The predicted molar refractivity (Wildman–Crippen MR) is 71.7 cm³/mol. The van der Waals surface area contributed by atoms with Crippen molar-refractivity contribution in [1.82, 2.24) is 0 Å². The molecule has 0 aromatic carbocycles. The van der Waals surface area contributed by atoms with Gasteiger partial charge < -0.3 is 14.6 Å². The predicted octanol–water partition coefficient (Wildman–Crippen LogP) is 1.47. The molecule has 5 heteroatoms. The second-order valence-electron chi connectivity index (χ2n) is 7.01. The van der Waals surface area contributed by atoms with E-state index < -0.39 is 17.7 Å². The molecule has 21 heavy (non-hydrogen) atoms. The lowest BCUT2D eigenvalue weighted by atomic mass is 9.50. The molecule has 4 rings (SSSR count). The van der Waals surface area contributed by atoms with Crippen LogP contribution < -0.4 is 0 Å². The number of hydrogen-bond donors (Lipinski definition) is 1. The maximum absolute atomic E-state index is 12.3. The molecule has 2 aliphatic heterocycles. The van der Waals surface area contributed by atoms with Gasteiger partial charge in [0.25, 0.3) is 0 Å². The van der Waals surface area contributed by atoms with Crippen molar-refractivity contribution in [3.8, 4) is 0 Å². The largest absolute Gasteiger partial charge is 0.457 e. The Kier molecular flexibility index (Phi) is 2.35. The highest BCUT2D eigenvalue weighted by Crippen LogP contribution is 2.64. The van der Waals surface area contributed by atoms with E-state index in [1.807, 2.05) is 6.92 Å². The lowest BCUT2D eigenvalue weighted by Crippen LogP contribution is -2.51. The van der Waals surface area contributed by atoms with Crippen LogP contribution in [-0.4, -0.2) is 29.4 Å². The van der Waals surface area contributed by atoms with E-state index in [1.54, 1.807) is 6.08 Å². The first-order valence-electron chi connectivity index (χ1n) is 7.40. The van der Waals surface area contributed by atoms with Crippen LogP contribution in [0.1, 0.15) is 33.1 Å². The molecule has 1 saturated carbocycles. The fourth-order valence-corrected chi connectivity index (χ4v) is 4.94. The van der Waals surface area contributed by atoms with Gasteiger partial charge in [-0.3, -0.25) is 4.79 Å². The lowest BCUT2D eigenvalue weighted by molar-refractivity contribution is -0.158. The standard InChI is InChI=1S/C16H18O5/c1-15-4-3-5-16(2)12(15)10(20-14(16)19)6-8-9(15)7-11(17)21-13(8)18/h6-7,10,12-13,18H,3-5H2,1-2H3/t10-,12+,13-,15+,16+/m1/s1. The Labute approximate surface area is 122 Å². The number of fused-ring (bicyclic) bond motifs is 2. The molecule has 112 valence electrons. The van der Waals surface area contributed by atoms with Crippen molar-refractivity contribution in [3.05, 3.63) is 23.3 Å². The lowest BCUT2D eigenvalue weighted by Gasteiger charge is -2.52. The van der Waals surface area contributed by atoms with E-state index in [2.05, 4.69) is 6.92 Å². The van der Waals surface area contributed by atoms with Crippen LogP contribution in [0.5, 0.6) is 0 Å². The van der Waals surface area contributed by atoms with Crippen LogP contribution in [0.4, 0.5) is 0 Å². The van der Waals surface area contributed by atoms with Gasteiger partial charge in [0.1, 0.15) is 6.10 Å². The number of esters is 2. The van der Waals surface area contributed by atoms with E-state index in [4.69, 9.17) is 9.47 Å². The monoisotopic (exact) mass is 290 g/mol. The molecule has 4 aliphatic rings. The number of hydrogen-bond acceptors (Lipinski definition) is 5. The summed E-state index contributed by atoms with van der Waals surface area (Å²) in [6, 6.07) is 0. The minimum Gasteiger partial charge on any atom is -0.457 e. The average molecular weight is 290 g/mol. The molecule has 5 atom stereocenters. The minimum absolute atomic E-state index is 0.0133. The topological polar surface area (TPSA) is 72.8 Å². The van der Waals surface area contributed by atoms with E-state index in [1.165, 1.54) is 6.08 Å². The summed E-state index contributed by atoms with van der Waals surface area (Å²) >= 11 is 0. The molecule has 2 heterocycles. The zero-order valence-electron chi connectivity index (χ0n) is 12.1. The van der Waals surface area contributed by atoms with Gasteiger partial charge in [-0.25, -0.2) is 4.79 Å². The van der Waals surface area contributed by atoms with Crippen molar-refractivity contribution in [2.75, 3.05) is 0 Å². The van der Waals surface area contributed by atoms with Crippen LogP contribution in [0.2, 0.25) is 0 Å². The van der Waals surface area contributed by atoms with Crippen molar-refractivity contribution in [1.29, 1.82) is 0 Å². The Morgan fingerprint density at radius 1 is 1.19 bits per heavy atom.